The second-order valence-electron chi connectivity index (χ2n) is 5.50. The van der Waals surface area contributed by atoms with Crippen LogP contribution in [0.3, 0.4) is 0 Å². The molecule has 2 fully saturated rings. The van der Waals surface area contributed by atoms with Crippen LogP contribution in [0.25, 0.3) is 0 Å². The zero-order valence-corrected chi connectivity index (χ0v) is 10.8. The molecule has 2 N–H and O–H groups in total. The zero-order valence-electron chi connectivity index (χ0n) is 10.8. The predicted molar refractivity (Wildman–Crippen MR) is 72.2 cm³/mol. The van der Waals surface area contributed by atoms with Crippen molar-refractivity contribution in [3.05, 3.63) is 24.0 Å². The predicted octanol–water partition coefficient (Wildman–Crippen LogP) is 2.08. The molecule has 2 unspecified atom stereocenters. The van der Waals surface area contributed by atoms with Gasteiger partial charge in [-0.15, -0.1) is 0 Å². The first-order chi connectivity index (χ1) is 8.65. The Morgan fingerprint density at radius 3 is 3.00 bits per heavy atom. The number of piperazine rings is 1. The van der Waals surface area contributed by atoms with Crippen LogP contribution >= 0.6 is 0 Å². The third-order valence-corrected chi connectivity index (χ3v) is 4.24. The Morgan fingerprint density at radius 1 is 1.33 bits per heavy atom. The molecule has 0 amide bonds. The van der Waals surface area contributed by atoms with Crippen molar-refractivity contribution < 1.29 is 4.39 Å². The molecule has 1 aromatic rings. The minimum absolute atomic E-state index is 0.208. The van der Waals surface area contributed by atoms with Gasteiger partial charge in [-0.3, -0.25) is 4.90 Å². The van der Waals surface area contributed by atoms with Crippen LogP contribution in [0.15, 0.2) is 18.2 Å². The molecule has 4 heteroatoms. The highest BCUT2D eigenvalue weighted by atomic mass is 19.1. The Kier molecular flexibility index (Phi) is 2.90. The Bertz CT molecular complexity index is 449. The van der Waals surface area contributed by atoms with Gasteiger partial charge in [0.05, 0.1) is 11.4 Å². The lowest BCUT2D eigenvalue weighted by Gasteiger charge is -2.44. The highest BCUT2D eigenvalue weighted by Crippen LogP contribution is 2.32. The van der Waals surface area contributed by atoms with Crippen molar-refractivity contribution in [3.8, 4) is 0 Å². The fourth-order valence-corrected chi connectivity index (χ4v) is 3.29. The average molecular weight is 249 g/mol. The summed E-state index contributed by atoms with van der Waals surface area (Å²) < 4.78 is 13.4. The van der Waals surface area contributed by atoms with E-state index in [0.717, 1.165) is 18.8 Å². The fourth-order valence-electron chi connectivity index (χ4n) is 3.29. The SMILES string of the molecule is CC1CN2CCCC2CN1c1cc(F)ccc1N. The summed E-state index contributed by atoms with van der Waals surface area (Å²) in [5.74, 6) is -0.208. The standard InChI is InChI=1S/C14H20FN3/c1-10-8-17-6-2-3-12(17)9-18(10)14-7-11(15)4-5-13(14)16/h4-5,7,10,12H,2-3,6,8-9,16H2,1H3. The van der Waals surface area contributed by atoms with Crippen LogP contribution in [0.2, 0.25) is 0 Å². The number of benzene rings is 1. The first kappa shape index (κ1) is 11.8. The molecule has 2 atom stereocenters. The Hall–Kier alpha value is -1.29. The number of rotatable bonds is 1. The molecule has 2 aliphatic rings. The van der Waals surface area contributed by atoms with E-state index in [1.54, 1.807) is 12.1 Å². The first-order valence-corrected chi connectivity index (χ1v) is 6.71. The normalized spacial score (nSPS) is 28.4. The number of halogens is 1. The van der Waals surface area contributed by atoms with Gasteiger partial charge in [-0.05, 0) is 44.5 Å². The van der Waals surface area contributed by atoms with Crippen molar-refractivity contribution in [2.45, 2.75) is 31.8 Å². The summed E-state index contributed by atoms with van der Waals surface area (Å²) >= 11 is 0. The van der Waals surface area contributed by atoms with Crippen molar-refractivity contribution in [2.75, 3.05) is 30.3 Å². The average Bonchev–Trinajstić information content (AvgIpc) is 2.78. The lowest BCUT2D eigenvalue weighted by Crippen LogP contribution is -2.55. The summed E-state index contributed by atoms with van der Waals surface area (Å²) in [6.07, 6.45) is 2.53. The van der Waals surface area contributed by atoms with Crippen molar-refractivity contribution >= 4 is 11.4 Å². The third-order valence-electron chi connectivity index (χ3n) is 4.24. The summed E-state index contributed by atoms with van der Waals surface area (Å²) in [6, 6.07) is 5.66. The summed E-state index contributed by atoms with van der Waals surface area (Å²) in [5.41, 5.74) is 7.53. The van der Waals surface area contributed by atoms with Gasteiger partial charge in [0.15, 0.2) is 0 Å². The molecule has 18 heavy (non-hydrogen) atoms. The van der Waals surface area contributed by atoms with E-state index in [4.69, 9.17) is 5.73 Å². The molecule has 0 aromatic heterocycles. The first-order valence-electron chi connectivity index (χ1n) is 6.71. The lowest BCUT2D eigenvalue weighted by molar-refractivity contribution is 0.203. The van der Waals surface area contributed by atoms with Gasteiger partial charge in [0.2, 0.25) is 0 Å². The molecule has 0 saturated carbocycles. The maximum Gasteiger partial charge on any atom is 0.125 e. The maximum atomic E-state index is 13.4. The molecule has 2 saturated heterocycles. The van der Waals surface area contributed by atoms with Crippen LogP contribution in [0.1, 0.15) is 19.8 Å². The summed E-state index contributed by atoms with van der Waals surface area (Å²) in [7, 11) is 0. The molecule has 0 bridgehead atoms. The van der Waals surface area contributed by atoms with Crippen LogP contribution in [-0.4, -0.2) is 36.6 Å². The molecular formula is C14H20FN3. The van der Waals surface area contributed by atoms with Crippen molar-refractivity contribution in [1.82, 2.24) is 4.90 Å². The van der Waals surface area contributed by atoms with E-state index >= 15 is 0 Å². The van der Waals surface area contributed by atoms with Gasteiger partial charge in [-0.2, -0.15) is 0 Å². The fraction of sp³-hybridized carbons (Fsp3) is 0.571. The molecular weight excluding hydrogens is 229 g/mol. The van der Waals surface area contributed by atoms with Crippen LogP contribution < -0.4 is 10.6 Å². The molecule has 98 valence electrons. The molecule has 0 spiro atoms. The van der Waals surface area contributed by atoms with Gasteiger partial charge in [-0.25, -0.2) is 4.39 Å². The molecule has 0 aliphatic carbocycles. The van der Waals surface area contributed by atoms with E-state index < -0.39 is 0 Å². The van der Waals surface area contributed by atoms with E-state index in [2.05, 4.69) is 16.7 Å². The van der Waals surface area contributed by atoms with E-state index in [9.17, 15) is 4.39 Å². The van der Waals surface area contributed by atoms with Crippen LogP contribution in [0.5, 0.6) is 0 Å². The van der Waals surface area contributed by atoms with Gasteiger partial charge in [-0.1, -0.05) is 0 Å². The third kappa shape index (κ3) is 1.94. The van der Waals surface area contributed by atoms with E-state index in [-0.39, 0.29) is 5.82 Å². The van der Waals surface area contributed by atoms with Gasteiger partial charge >= 0.3 is 0 Å². The molecule has 2 aliphatic heterocycles. The topological polar surface area (TPSA) is 32.5 Å². The minimum atomic E-state index is -0.208. The Labute approximate surface area is 107 Å². The molecule has 3 nitrogen and oxygen atoms in total. The summed E-state index contributed by atoms with van der Waals surface area (Å²) in [4.78, 5) is 4.82. The lowest BCUT2D eigenvalue weighted by atomic mass is 10.1. The number of anilines is 2. The molecule has 2 heterocycles. The Balaban J connectivity index is 1.88. The van der Waals surface area contributed by atoms with E-state index in [0.29, 0.717) is 17.8 Å². The van der Waals surface area contributed by atoms with Crippen LogP contribution in [-0.2, 0) is 0 Å². The highest BCUT2D eigenvalue weighted by Gasteiger charge is 2.34. The second-order valence-corrected chi connectivity index (χ2v) is 5.50. The van der Waals surface area contributed by atoms with Gasteiger partial charge in [0.1, 0.15) is 5.82 Å². The van der Waals surface area contributed by atoms with E-state index in [1.165, 1.54) is 25.5 Å². The number of hydrogen-bond donors (Lipinski definition) is 1. The highest BCUT2D eigenvalue weighted by molar-refractivity contribution is 5.68. The monoisotopic (exact) mass is 249 g/mol. The van der Waals surface area contributed by atoms with Gasteiger partial charge < -0.3 is 10.6 Å². The zero-order chi connectivity index (χ0) is 12.7. The molecule has 3 rings (SSSR count). The van der Waals surface area contributed by atoms with Crippen LogP contribution in [0, 0.1) is 5.82 Å². The van der Waals surface area contributed by atoms with Gasteiger partial charge in [0.25, 0.3) is 0 Å². The maximum absolute atomic E-state index is 13.4. The van der Waals surface area contributed by atoms with Crippen LogP contribution in [0.4, 0.5) is 15.8 Å². The number of nitrogens with two attached hydrogens (primary N) is 1. The number of fused-ring (bicyclic) bond motifs is 1. The molecule has 0 radical (unpaired) electrons. The minimum Gasteiger partial charge on any atom is -0.397 e. The van der Waals surface area contributed by atoms with Crippen molar-refractivity contribution in [3.63, 3.8) is 0 Å². The smallest absolute Gasteiger partial charge is 0.125 e. The van der Waals surface area contributed by atoms with E-state index in [1.807, 2.05) is 0 Å². The number of nitrogens with zero attached hydrogens (tertiary/aromatic N) is 2. The van der Waals surface area contributed by atoms with Crippen molar-refractivity contribution in [2.24, 2.45) is 0 Å². The van der Waals surface area contributed by atoms with Gasteiger partial charge in [0, 0.05) is 25.2 Å². The quantitative estimate of drug-likeness (QED) is 0.773. The summed E-state index contributed by atoms with van der Waals surface area (Å²) in [5, 5.41) is 0. The molecule has 1 aromatic carbocycles. The largest absolute Gasteiger partial charge is 0.397 e. The number of hydrogen-bond acceptors (Lipinski definition) is 3. The Morgan fingerprint density at radius 2 is 2.17 bits per heavy atom. The number of nitrogen functional groups attached to an aromatic ring is 1. The van der Waals surface area contributed by atoms with Crippen molar-refractivity contribution in [1.29, 1.82) is 0 Å². The second kappa shape index (κ2) is 4.43. The summed E-state index contributed by atoms with van der Waals surface area (Å²) in [6.45, 7) is 5.43.